The van der Waals surface area contributed by atoms with E-state index in [4.69, 9.17) is 4.74 Å². The molecule has 7 nitrogen and oxygen atoms in total. The molecule has 1 unspecified atom stereocenters. The summed E-state index contributed by atoms with van der Waals surface area (Å²) in [4.78, 5) is 10.00. The average molecular weight is 449 g/mol. The highest BCUT2D eigenvalue weighted by Gasteiger charge is 2.32. The van der Waals surface area contributed by atoms with Crippen LogP contribution in [0.5, 0.6) is 0 Å². The van der Waals surface area contributed by atoms with Gasteiger partial charge >= 0.3 is 0 Å². The van der Waals surface area contributed by atoms with Crippen molar-refractivity contribution in [3.8, 4) is 0 Å². The fourth-order valence-electron chi connectivity index (χ4n) is 3.17. The first-order valence-electron chi connectivity index (χ1n) is 9.37. The topological polar surface area (TPSA) is 84.4 Å². The smallest absolute Gasteiger partial charge is 0.243 e. The highest BCUT2D eigenvalue weighted by molar-refractivity contribution is 7.89. The van der Waals surface area contributed by atoms with E-state index >= 15 is 0 Å². The van der Waals surface area contributed by atoms with Crippen LogP contribution >= 0.6 is 11.3 Å². The first-order chi connectivity index (χ1) is 14.3. The number of hydrogen-bond acceptors (Lipinski definition) is 7. The van der Waals surface area contributed by atoms with Crippen LogP contribution in [0.2, 0.25) is 0 Å². The standard InChI is InChI=1S/C20H21FN4O3S2/c1-13-10-15(6-7-16(13)21)30(26,27)25-8-9-28-18(12-25)17-4-3-5-19(23-17)24-20-22-11-14(2)29-20/h3-7,10-11,18H,8-9,12H2,1-2H3,(H,22,23,24). The Morgan fingerprint density at radius 2 is 2.10 bits per heavy atom. The van der Waals surface area contributed by atoms with Crippen LogP contribution in [0.4, 0.5) is 15.3 Å². The highest BCUT2D eigenvalue weighted by atomic mass is 32.2. The molecule has 0 spiro atoms. The molecule has 158 valence electrons. The molecule has 1 N–H and O–H groups in total. The number of nitrogens with one attached hydrogen (secondary N) is 1. The number of benzene rings is 1. The van der Waals surface area contributed by atoms with Crippen molar-refractivity contribution in [2.24, 2.45) is 0 Å². The van der Waals surface area contributed by atoms with E-state index in [1.165, 1.54) is 33.8 Å². The van der Waals surface area contributed by atoms with Crippen LogP contribution in [0.1, 0.15) is 22.2 Å². The Morgan fingerprint density at radius 3 is 2.83 bits per heavy atom. The normalized spacial score (nSPS) is 17.8. The lowest BCUT2D eigenvalue weighted by Crippen LogP contribution is -2.42. The summed E-state index contributed by atoms with van der Waals surface area (Å²) in [5.41, 5.74) is 0.919. The number of anilines is 2. The Hall–Kier alpha value is -2.40. The molecule has 0 saturated carbocycles. The quantitative estimate of drug-likeness (QED) is 0.639. The second-order valence-electron chi connectivity index (χ2n) is 6.98. The Balaban J connectivity index is 1.53. The van der Waals surface area contributed by atoms with Crippen LogP contribution in [0.15, 0.2) is 47.5 Å². The van der Waals surface area contributed by atoms with Crippen molar-refractivity contribution in [2.75, 3.05) is 25.0 Å². The van der Waals surface area contributed by atoms with Gasteiger partial charge in [-0.05, 0) is 49.7 Å². The maximum Gasteiger partial charge on any atom is 0.243 e. The molecule has 1 saturated heterocycles. The summed E-state index contributed by atoms with van der Waals surface area (Å²) in [6.45, 7) is 4.12. The van der Waals surface area contributed by atoms with Crippen LogP contribution in [0, 0.1) is 19.7 Å². The van der Waals surface area contributed by atoms with E-state index < -0.39 is 21.9 Å². The first-order valence-corrected chi connectivity index (χ1v) is 11.6. The Kier molecular flexibility index (Phi) is 5.83. The summed E-state index contributed by atoms with van der Waals surface area (Å²) in [6.07, 6.45) is 1.27. The lowest BCUT2D eigenvalue weighted by Gasteiger charge is -2.32. The number of aromatic nitrogens is 2. The lowest BCUT2D eigenvalue weighted by atomic mass is 10.2. The lowest BCUT2D eigenvalue weighted by molar-refractivity contribution is -0.00486. The van der Waals surface area contributed by atoms with Gasteiger partial charge in [-0.2, -0.15) is 4.31 Å². The third-order valence-electron chi connectivity index (χ3n) is 4.75. The molecular weight excluding hydrogens is 427 g/mol. The van der Waals surface area contributed by atoms with E-state index in [9.17, 15) is 12.8 Å². The molecule has 0 amide bonds. The molecule has 0 radical (unpaired) electrons. The van der Waals surface area contributed by atoms with E-state index in [0.717, 1.165) is 10.0 Å². The fourth-order valence-corrected chi connectivity index (χ4v) is 5.35. The number of morpholine rings is 1. The zero-order valence-electron chi connectivity index (χ0n) is 16.5. The molecule has 4 rings (SSSR count). The van der Waals surface area contributed by atoms with E-state index in [0.29, 0.717) is 17.1 Å². The number of sulfonamides is 1. The van der Waals surface area contributed by atoms with Crippen molar-refractivity contribution in [1.29, 1.82) is 0 Å². The highest BCUT2D eigenvalue weighted by Crippen LogP contribution is 2.28. The van der Waals surface area contributed by atoms with Crippen molar-refractivity contribution >= 4 is 32.3 Å². The van der Waals surface area contributed by atoms with Crippen molar-refractivity contribution in [2.45, 2.75) is 24.8 Å². The number of halogens is 1. The Morgan fingerprint density at radius 1 is 1.27 bits per heavy atom. The van der Waals surface area contributed by atoms with E-state index in [1.807, 2.05) is 19.1 Å². The summed E-state index contributed by atoms with van der Waals surface area (Å²) < 4.78 is 46.8. The second-order valence-corrected chi connectivity index (χ2v) is 10.2. The van der Waals surface area contributed by atoms with E-state index in [1.54, 1.807) is 19.2 Å². The SMILES string of the molecule is Cc1cnc(Nc2cccc(C3CN(S(=O)(=O)c4ccc(F)c(C)c4)CCO3)n2)s1. The Labute approximate surface area is 178 Å². The van der Waals surface area contributed by atoms with Gasteiger partial charge in [-0.25, -0.2) is 22.8 Å². The fraction of sp³-hybridized carbons (Fsp3) is 0.300. The van der Waals surface area contributed by atoms with E-state index in [-0.39, 0.29) is 24.6 Å². The molecule has 1 aliphatic heterocycles. The molecular formula is C20H21FN4O3S2. The molecule has 2 aromatic heterocycles. The summed E-state index contributed by atoms with van der Waals surface area (Å²) in [5.74, 6) is 0.178. The third-order valence-corrected chi connectivity index (χ3v) is 7.44. The van der Waals surface area contributed by atoms with Gasteiger partial charge in [-0.1, -0.05) is 6.07 Å². The zero-order chi connectivity index (χ0) is 21.3. The monoisotopic (exact) mass is 448 g/mol. The number of ether oxygens (including phenoxy) is 1. The third kappa shape index (κ3) is 4.36. The van der Waals surface area contributed by atoms with Crippen LogP contribution < -0.4 is 5.32 Å². The maximum atomic E-state index is 13.6. The van der Waals surface area contributed by atoms with Gasteiger partial charge in [0.05, 0.1) is 17.2 Å². The summed E-state index contributed by atoms with van der Waals surface area (Å²) in [5, 5.41) is 3.89. The van der Waals surface area contributed by atoms with Crippen molar-refractivity contribution in [1.82, 2.24) is 14.3 Å². The molecule has 3 aromatic rings. The molecule has 30 heavy (non-hydrogen) atoms. The largest absolute Gasteiger partial charge is 0.369 e. The van der Waals surface area contributed by atoms with Gasteiger partial charge < -0.3 is 10.1 Å². The van der Waals surface area contributed by atoms with Crippen LogP contribution in [-0.4, -0.2) is 42.4 Å². The molecule has 1 aliphatic rings. The number of hydrogen-bond donors (Lipinski definition) is 1. The predicted octanol–water partition coefficient (Wildman–Crippen LogP) is 3.80. The molecule has 0 bridgehead atoms. The molecule has 0 aliphatic carbocycles. The number of aryl methyl sites for hydroxylation is 2. The number of rotatable bonds is 5. The van der Waals surface area contributed by atoms with Gasteiger partial charge in [0, 0.05) is 24.2 Å². The van der Waals surface area contributed by atoms with Crippen molar-refractivity contribution < 1.29 is 17.5 Å². The number of thiazole rings is 1. The predicted molar refractivity (Wildman–Crippen MR) is 113 cm³/mol. The van der Waals surface area contributed by atoms with Crippen molar-refractivity contribution in [3.63, 3.8) is 0 Å². The summed E-state index contributed by atoms with van der Waals surface area (Å²) >= 11 is 1.52. The maximum absolute atomic E-state index is 13.6. The summed E-state index contributed by atoms with van der Waals surface area (Å²) in [7, 11) is -3.76. The van der Waals surface area contributed by atoms with Gasteiger partial charge in [-0.15, -0.1) is 11.3 Å². The second kappa shape index (κ2) is 8.38. The minimum Gasteiger partial charge on any atom is -0.369 e. The van der Waals surface area contributed by atoms with Gasteiger partial charge in [-0.3, -0.25) is 0 Å². The van der Waals surface area contributed by atoms with Crippen molar-refractivity contribution in [3.05, 3.63) is 64.5 Å². The molecule has 3 heterocycles. The molecule has 1 fully saturated rings. The molecule has 1 atom stereocenters. The Bertz CT molecular complexity index is 1170. The van der Waals surface area contributed by atoms with Crippen LogP contribution in [0.25, 0.3) is 0 Å². The number of nitrogens with zero attached hydrogens (tertiary/aromatic N) is 3. The van der Waals surface area contributed by atoms with Gasteiger partial charge in [0.2, 0.25) is 10.0 Å². The van der Waals surface area contributed by atoms with Gasteiger partial charge in [0.25, 0.3) is 0 Å². The summed E-state index contributed by atoms with van der Waals surface area (Å²) in [6, 6.07) is 9.29. The first kappa shape index (κ1) is 20.9. The van der Waals surface area contributed by atoms with Gasteiger partial charge in [0.1, 0.15) is 17.7 Å². The van der Waals surface area contributed by atoms with Gasteiger partial charge in [0.15, 0.2) is 5.13 Å². The number of pyridine rings is 1. The van der Waals surface area contributed by atoms with Crippen LogP contribution in [0.3, 0.4) is 0 Å². The molecule has 1 aromatic carbocycles. The van der Waals surface area contributed by atoms with Crippen LogP contribution in [-0.2, 0) is 14.8 Å². The molecule has 10 heteroatoms. The average Bonchev–Trinajstić information content (AvgIpc) is 3.15. The van der Waals surface area contributed by atoms with E-state index in [2.05, 4.69) is 15.3 Å². The minimum absolute atomic E-state index is 0.0737. The zero-order valence-corrected chi connectivity index (χ0v) is 18.1. The minimum atomic E-state index is -3.76.